The van der Waals surface area contributed by atoms with Crippen LogP contribution in [0.3, 0.4) is 0 Å². The van der Waals surface area contributed by atoms with Gasteiger partial charge in [-0.25, -0.2) is 4.39 Å². The normalized spacial score (nSPS) is 18.2. The molecule has 142 valence electrons. The SMILES string of the molecule is CC(NC(=O)CC1NCCN(Cc2ccccc2F)C1=O)c1ccccc1. The second-order valence-corrected chi connectivity index (χ2v) is 6.76. The number of rotatable bonds is 6. The second kappa shape index (κ2) is 8.77. The predicted octanol–water partition coefficient (Wildman–Crippen LogP) is 2.39. The number of piperazine rings is 1. The van der Waals surface area contributed by atoms with E-state index >= 15 is 0 Å². The monoisotopic (exact) mass is 369 g/mol. The Balaban J connectivity index is 1.57. The van der Waals surface area contributed by atoms with Crippen molar-refractivity contribution in [1.82, 2.24) is 15.5 Å². The Morgan fingerprint density at radius 1 is 1.22 bits per heavy atom. The quantitative estimate of drug-likeness (QED) is 0.822. The maximum Gasteiger partial charge on any atom is 0.240 e. The third kappa shape index (κ3) is 4.92. The van der Waals surface area contributed by atoms with Gasteiger partial charge in [0, 0.05) is 25.2 Å². The van der Waals surface area contributed by atoms with E-state index < -0.39 is 6.04 Å². The van der Waals surface area contributed by atoms with E-state index in [2.05, 4.69) is 10.6 Å². The molecule has 1 fully saturated rings. The van der Waals surface area contributed by atoms with E-state index in [0.29, 0.717) is 18.7 Å². The highest BCUT2D eigenvalue weighted by atomic mass is 19.1. The Morgan fingerprint density at radius 2 is 1.93 bits per heavy atom. The minimum Gasteiger partial charge on any atom is -0.350 e. The molecule has 0 aliphatic carbocycles. The lowest BCUT2D eigenvalue weighted by molar-refractivity contribution is -0.139. The van der Waals surface area contributed by atoms with E-state index in [0.717, 1.165) is 5.56 Å². The minimum absolute atomic E-state index is 0.0593. The largest absolute Gasteiger partial charge is 0.350 e. The molecule has 2 unspecified atom stereocenters. The number of amides is 2. The van der Waals surface area contributed by atoms with Crippen LogP contribution in [0.25, 0.3) is 0 Å². The average Bonchev–Trinajstić information content (AvgIpc) is 2.67. The molecular weight excluding hydrogens is 345 g/mol. The van der Waals surface area contributed by atoms with Crippen molar-refractivity contribution in [3.05, 3.63) is 71.5 Å². The summed E-state index contributed by atoms with van der Waals surface area (Å²) in [5.74, 6) is -0.688. The number of hydrogen-bond acceptors (Lipinski definition) is 3. The van der Waals surface area contributed by atoms with Gasteiger partial charge in [-0.05, 0) is 18.6 Å². The number of hydrogen-bond donors (Lipinski definition) is 2. The summed E-state index contributed by atoms with van der Waals surface area (Å²) in [7, 11) is 0. The molecule has 6 heteroatoms. The van der Waals surface area contributed by atoms with Crippen LogP contribution in [0.2, 0.25) is 0 Å². The average molecular weight is 369 g/mol. The zero-order valence-corrected chi connectivity index (χ0v) is 15.3. The van der Waals surface area contributed by atoms with E-state index in [1.807, 2.05) is 37.3 Å². The topological polar surface area (TPSA) is 61.4 Å². The van der Waals surface area contributed by atoms with Crippen LogP contribution >= 0.6 is 0 Å². The first-order chi connectivity index (χ1) is 13.0. The lowest BCUT2D eigenvalue weighted by Crippen LogP contribution is -2.56. The van der Waals surface area contributed by atoms with Crippen LogP contribution in [0.4, 0.5) is 4.39 Å². The molecule has 1 heterocycles. The van der Waals surface area contributed by atoms with Gasteiger partial charge in [0.05, 0.1) is 18.5 Å². The van der Waals surface area contributed by atoms with Crippen molar-refractivity contribution in [2.75, 3.05) is 13.1 Å². The highest BCUT2D eigenvalue weighted by Crippen LogP contribution is 2.15. The van der Waals surface area contributed by atoms with Crippen LogP contribution in [0, 0.1) is 5.82 Å². The van der Waals surface area contributed by atoms with Crippen molar-refractivity contribution in [1.29, 1.82) is 0 Å². The first-order valence-corrected chi connectivity index (χ1v) is 9.14. The first-order valence-electron chi connectivity index (χ1n) is 9.14. The minimum atomic E-state index is -0.589. The van der Waals surface area contributed by atoms with Gasteiger partial charge in [-0.15, -0.1) is 0 Å². The molecular formula is C21H24FN3O2. The summed E-state index contributed by atoms with van der Waals surface area (Å²) in [4.78, 5) is 26.7. The molecule has 2 atom stereocenters. The molecule has 0 radical (unpaired) electrons. The summed E-state index contributed by atoms with van der Waals surface area (Å²) >= 11 is 0. The Labute approximate surface area is 158 Å². The molecule has 27 heavy (non-hydrogen) atoms. The zero-order chi connectivity index (χ0) is 19.2. The fourth-order valence-corrected chi connectivity index (χ4v) is 3.25. The highest BCUT2D eigenvalue weighted by Gasteiger charge is 2.30. The van der Waals surface area contributed by atoms with Gasteiger partial charge < -0.3 is 15.5 Å². The molecule has 2 N–H and O–H groups in total. The summed E-state index contributed by atoms with van der Waals surface area (Å²) in [6.07, 6.45) is 0.0593. The van der Waals surface area contributed by atoms with Crippen molar-refractivity contribution >= 4 is 11.8 Å². The molecule has 5 nitrogen and oxygen atoms in total. The lowest BCUT2D eigenvalue weighted by Gasteiger charge is -2.33. The molecule has 3 rings (SSSR count). The molecule has 2 amide bonds. The molecule has 0 saturated carbocycles. The van der Waals surface area contributed by atoms with Crippen LogP contribution in [0.5, 0.6) is 0 Å². The maximum absolute atomic E-state index is 13.9. The third-order valence-corrected chi connectivity index (χ3v) is 4.77. The van der Waals surface area contributed by atoms with Gasteiger partial charge >= 0.3 is 0 Å². The van der Waals surface area contributed by atoms with Crippen molar-refractivity contribution in [3.8, 4) is 0 Å². The van der Waals surface area contributed by atoms with Gasteiger partial charge in [-0.3, -0.25) is 9.59 Å². The Morgan fingerprint density at radius 3 is 2.67 bits per heavy atom. The van der Waals surface area contributed by atoms with Gasteiger partial charge in [0.1, 0.15) is 5.82 Å². The Hall–Kier alpha value is -2.73. The lowest BCUT2D eigenvalue weighted by atomic mass is 10.1. The van der Waals surface area contributed by atoms with Gasteiger partial charge in [0.15, 0.2) is 0 Å². The maximum atomic E-state index is 13.9. The molecule has 1 saturated heterocycles. The van der Waals surface area contributed by atoms with Crippen molar-refractivity contribution in [2.45, 2.75) is 32.0 Å². The van der Waals surface area contributed by atoms with Crippen LogP contribution in [0.15, 0.2) is 54.6 Å². The van der Waals surface area contributed by atoms with Crippen molar-refractivity contribution < 1.29 is 14.0 Å². The second-order valence-electron chi connectivity index (χ2n) is 6.76. The molecule has 2 aromatic carbocycles. The predicted molar refractivity (Wildman–Crippen MR) is 101 cm³/mol. The van der Waals surface area contributed by atoms with Gasteiger partial charge in [0.2, 0.25) is 11.8 Å². The van der Waals surface area contributed by atoms with Crippen molar-refractivity contribution in [3.63, 3.8) is 0 Å². The first kappa shape index (κ1) is 19.0. The van der Waals surface area contributed by atoms with Crippen LogP contribution in [0.1, 0.15) is 30.5 Å². The standard InChI is InChI=1S/C21H24FN3O2/c1-15(16-7-3-2-4-8-16)24-20(26)13-19-21(27)25(12-11-23-19)14-17-9-5-6-10-18(17)22/h2-10,15,19,23H,11-14H2,1H3,(H,24,26). The fraction of sp³-hybridized carbons (Fsp3) is 0.333. The zero-order valence-electron chi connectivity index (χ0n) is 15.3. The van der Waals surface area contributed by atoms with E-state index in [4.69, 9.17) is 0 Å². The molecule has 1 aliphatic heterocycles. The van der Waals surface area contributed by atoms with Crippen LogP contribution in [-0.2, 0) is 16.1 Å². The van der Waals surface area contributed by atoms with E-state index in [9.17, 15) is 14.0 Å². The van der Waals surface area contributed by atoms with Crippen LogP contribution < -0.4 is 10.6 Å². The van der Waals surface area contributed by atoms with Gasteiger partial charge in [0.25, 0.3) is 0 Å². The smallest absolute Gasteiger partial charge is 0.240 e. The summed E-state index contributed by atoms with van der Waals surface area (Å²) in [6.45, 7) is 3.19. The molecule has 0 bridgehead atoms. The van der Waals surface area contributed by atoms with Crippen molar-refractivity contribution in [2.24, 2.45) is 0 Å². The van der Waals surface area contributed by atoms with Crippen LogP contribution in [-0.4, -0.2) is 35.8 Å². The number of benzene rings is 2. The molecule has 0 aromatic heterocycles. The summed E-state index contributed by atoms with van der Waals surface area (Å²) in [5, 5.41) is 6.03. The summed E-state index contributed by atoms with van der Waals surface area (Å²) in [5.41, 5.74) is 1.49. The summed E-state index contributed by atoms with van der Waals surface area (Å²) in [6, 6.07) is 15.4. The fourth-order valence-electron chi connectivity index (χ4n) is 3.25. The van der Waals surface area contributed by atoms with Gasteiger partial charge in [-0.2, -0.15) is 0 Å². The third-order valence-electron chi connectivity index (χ3n) is 4.77. The van der Waals surface area contributed by atoms with E-state index in [1.165, 1.54) is 6.07 Å². The van der Waals surface area contributed by atoms with E-state index in [1.54, 1.807) is 23.1 Å². The number of nitrogens with one attached hydrogen (secondary N) is 2. The van der Waals surface area contributed by atoms with E-state index in [-0.39, 0.29) is 36.6 Å². The highest BCUT2D eigenvalue weighted by molar-refractivity contribution is 5.89. The molecule has 1 aliphatic rings. The Kier molecular flexibility index (Phi) is 6.19. The number of carbonyl (C=O) groups is 2. The molecule has 0 spiro atoms. The number of nitrogens with zero attached hydrogens (tertiary/aromatic N) is 1. The number of carbonyl (C=O) groups excluding carboxylic acids is 2. The Bertz CT molecular complexity index is 797. The summed E-state index contributed by atoms with van der Waals surface area (Å²) < 4.78 is 13.9. The van der Waals surface area contributed by atoms with Gasteiger partial charge in [-0.1, -0.05) is 48.5 Å². The number of halogens is 1. The molecule has 2 aromatic rings.